The zero-order chi connectivity index (χ0) is 17.8. The van der Waals surface area contributed by atoms with Gasteiger partial charge in [-0.2, -0.15) is 0 Å². The molecule has 1 aromatic heterocycles. The monoisotopic (exact) mass is 339 g/mol. The van der Waals surface area contributed by atoms with E-state index in [2.05, 4.69) is 0 Å². The number of amides is 1. The molecule has 0 spiro atoms. The SMILES string of the molecule is CCN(CC)C(=O)COC(=O)Cc1coc2ccc3ccccc3c12. The second-order valence-electron chi connectivity index (χ2n) is 5.82. The molecule has 0 saturated carbocycles. The van der Waals surface area contributed by atoms with Crippen molar-refractivity contribution >= 4 is 33.6 Å². The molecule has 5 heteroatoms. The molecule has 25 heavy (non-hydrogen) atoms. The van der Waals surface area contributed by atoms with Gasteiger partial charge in [-0.25, -0.2) is 0 Å². The van der Waals surface area contributed by atoms with Gasteiger partial charge in [-0.1, -0.05) is 30.3 Å². The van der Waals surface area contributed by atoms with E-state index in [-0.39, 0.29) is 18.9 Å². The molecule has 0 fully saturated rings. The number of likely N-dealkylation sites (N-methyl/N-ethyl adjacent to an activating group) is 1. The van der Waals surface area contributed by atoms with Crippen molar-refractivity contribution in [3.8, 4) is 0 Å². The number of benzene rings is 2. The van der Waals surface area contributed by atoms with Crippen LogP contribution in [0.5, 0.6) is 0 Å². The van der Waals surface area contributed by atoms with Gasteiger partial charge >= 0.3 is 5.97 Å². The van der Waals surface area contributed by atoms with E-state index in [4.69, 9.17) is 9.15 Å². The van der Waals surface area contributed by atoms with Crippen LogP contribution in [-0.4, -0.2) is 36.5 Å². The first-order chi connectivity index (χ1) is 12.1. The Morgan fingerprint density at radius 1 is 1.08 bits per heavy atom. The lowest BCUT2D eigenvalue weighted by Crippen LogP contribution is -2.34. The molecule has 0 atom stereocenters. The Morgan fingerprint density at radius 2 is 1.84 bits per heavy atom. The maximum atomic E-state index is 12.2. The summed E-state index contributed by atoms with van der Waals surface area (Å²) in [6.07, 6.45) is 1.66. The van der Waals surface area contributed by atoms with E-state index >= 15 is 0 Å². The molecule has 0 bridgehead atoms. The molecule has 0 aliphatic carbocycles. The average molecular weight is 339 g/mol. The van der Waals surface area contributed by atoms with Crippen molar-refractivity contribution in [2.45, 2.75) is 20.3 Å². The number of fused-ring (bicyclic) bond motifs is 3. The molecule has 0 N–H and O–H groups in total. The molecule has 0 saturated heterocycles. The van der Waals surface area contributed by atoms with Crippen LogP contribution >= 0.6 is 0 Å². The first-order valence-corrected chi connectivity index (χ1v) is 8.45. The summed E-state index contributed by atoms with van der Waals surface area (Å²) in [7, 11) is 0. The molecule has 130 valence electrons. The number of ether oxygens (including phenoxy) is 1. The number of carbonyl (C=O) groups is 2. The molecule has 0 aliphatic heterocycles. The predicted molar refractivity (Wildman–Crippen MR) is 96.3 cm³/mol. The Hall–Kier alpha value is -2.82. The third-order valence-electron chi connectivity index (χ3n) is 4.35. The third-order valence-corrected chi connectivity index (χ3v) is 4.35. The Bertz CT molecular complexity index is 908. The highest BCUT2D eigenvalue weighted by molar-refractivity contribution is 6.08. The lowest BCUT2D eigenvalue weighted by atomic mass is 10.0. The summed E-state index contributed by atoms with van der Waals surface area (Å²) in [6, 6.07) is 11.8. The van der Waals surface area contributed by atoms with Gasteiger partial charge in [-0.15, -0.1) is 0 Å². The molecule has 1 heterocycles. The van der Waals surface area contributed by atoms with Crippen LogP contribution < -0.4 is 0 Å². The van der Waals surface area contributed by atoms with Gasteiger partial charge in [0.15, 0.2) is 6.61 Å². The molecule has 2 aromatic carbocycles. The fraction of sp³-hybridized carbons (Fsp3) is 0.300. The van der Waals surface area contributed by atoms with E-state index in [1.54, 1.807) is 11.2 Å². The maximum absolute atomic E-state index is 12.2. The second kappa shape index (κ2) is 7.38. The summed E-state index contributed by atoms with van der Waals surface area (Å²) in [5, 5.41) is 3.05. The van der Waals surface area contributed by atoms with Crippen molar-refractivity contribution in [2.24, 2.45) is 0 Å². The fourth-order valence-electron chi connectivity index (χ4n) is 3.02. The van der Waals surface area contributed by atoms with Crippen molar-refractivity contribution < 1.29 is 18.7 Å². The van der Waals surface area contributed by atoms with Crippen LogP contribution in [0, 0.1) is 0 Å². The normalized spacial score (nSPS) is 11.0. The van der Waals surface area contributed by atoms with Gasteiger partial charge in [-0.05, 0) is 30.7 Å². The highest BCUT2D eigenvalue weighted by Gasteiger charge is 2.16. The molecule has 0 radical (unpaired) electrons. The van der Waals surface area contributed by atoms with E-state index in [0.29, 0.717) is 13.1 Å². The first-order valence-electron chi connectivity index (χ1n) is 8.45. The van der Waals surface area contributed by atoms with E-state index in [9.17, 15) is 9.59 Å². The van der Waals surface area contributed by atoms with Gasteiger partial charge in [-0.3, -0.25) is 9.59 Å². The average Bonchev–Trinajstić information content (AvgIpc) is 3.04. The quantitative estimate of drug-likeness (QED) is 0.645. The van der Waals surface area contributed by atoms with Crippen molar-refractivity contribution in [1.82, 2.24) is 4.90 Å². The van der Waals surface area contributed by atoms with Crippen molar-refractivity contribution in [2.75, 3.05) is 19.7 Å². The van der Waals surface area contributed by atoms with Gasteiger partial charge in [0.1, 0.15) is 5.58 Å². The van der Waals surface area contributed by atoms with Gasteiger partial charge in [0.2, 0.25) is 0 Å². The summed E-state index contributed by atoms with van der Waals surface area (Å²) in [6.45, 7) is 4.77. The molecular formula is C20H21NO4. The molecule has 1 amide bonds. The number of rotatable bonds is 6. The van der Waals surface area contributed by atoms with Crippen molar-refractivity contribution in [3.05, 3.63) is 48.2 Å². The van der Waals surface area contributed by atoms with E-state index < -0.39 is 5.97 Å². The minimum absolute atomic E-state index is 0.0759. The number of hydrogen-bond donors (Lipinski definition) is 0. The number of esters is 1. The zero-order valence-corrected chi connectivity index (χ0v) is 14.5. The van der Waals surface area contributed by atoms with E-state index in [0.717, 1.165) is 27.3 Å². The van der Waals surface area contributed by atoms with Crippen LogP contribution in [0.15, 0.2) is 47.1 Å². The minimum atomic E-state index is -0.434. The van der Waals surface area contributed by atoms with Crippen molar-refractivity contribution in [3.63, 3.8) is 0 Å². The number of carbonyl (C=O) groups excluding carboxylic acids is 2. The minimum Gasteiger partial charge on any atom is -0.464 e. The molecular weight excluding hydrogens is 318 g/mol. The highest BCUT2D eigenvalue weighted by Crippen LogP contribution is 2.30. The Labute approximate surface area is 146 Å². The molecule has 0 aliphatic rings. The highest BCUT2D eigenvalue weighted by atomic mass is 16.5. The van der Waals surface area contributed by atoms with Crippen LogP contribution in [0.1, 0.15) is 19.4 Å². The number of hydrogen-bond acceptors (Lipinski definition) is 4. The Balaban J connectivity index is 1.76. The molecule has 0 unspecified atom stereocenters. The van der Waals surface area contributed by atoms with Crippen LogP contribution in [-0.2, 0) is 20.7 Å². The summed E-state index contributed by atoms with van der Waals surface area (Å²) >= 11 is 0. The topological polar surface area (TPSA) is 59.8 Å². The Morgan fingerprint density at radius 3 is 2.60 bits per heavy atom. The summed E-state index contributed by atoms with van der Waals surface area (Å²) in [5.74, 6) is -0.614. The van der Waals surface area contributed by atoms with Crippen molar-refractivity contribution in [1.29, 1.82) is 0 Å². The molecule has 3 rings (SSSR count). The summed E-state index contributed by atoms with van der Waals surface area (Å²) in [5.41, 5.74) is 1.51. The van der Waals surface area contributed by atoms with Gasteiger partial charge in [0.05, 0.1) is 12.7 Å². The first kappa shape index (κ1) is 17.0. The molecule has 5 nitrogen and oxygen atoms in total. The van der Waals surface area contributed by atoms with Gasteiger partial charge in [0.25, 0.3) is 5.91 Å². The van der Waals surface area contributed by atoms with Crippen LogP contribution in [0.3, 0.4) is 0 Å². The smallest absolute Gasteiger partial charge is 0.310 e. The lowest BCUT2D eigenvalue weighted by Gasteiger charge is -2.18. The zero-order valence-electron chi connectivity index (χ0n) is 14.5. The van der Waals surface area contributed by atoms with Gasteiger partial charge < -0.3 is 14.1 Å². The second-order valence-corrected chi connectivity index (χ2v) is 5.82. The van der Waals surface area contributed by atoms with Crippen LogP contribution in [0.25, 0.3) is 21.7 Å². The largest absolute Gasteiger partial charge is 0.464 e. The predicted octanol–water partition coefficient (Wildman–Crippen LogP) is 3.54. The van der Waals surface area contributed by atoms with Crippen LogP contribution in [0.4, 0.5) is 0 Å². The number of furan rings is 1. The van der Waals surface area contributed by atoms with Crippen LogP contribution in [0.2, 0.25) is 0 Å². The van der Waals surface area contributed by atoms with E-state index in [1.807, 2.05) is 50.2 Å². The van der Waals surface area contributed by atoms with Gasteiger partial charge in [0, 0.05) is 24.0 Å². The Kier molecular flexibility index (Phi) is 5.03. The third kappa shape index (κ3) is 3.50. The summed E-state index contributed by atoms with van der Waals surface area (Å²) < 4.78 is 10.7. The number of nitrogens with zero attached hydrogens (tertiary/aromatic N) is 1. The fourth-order valence-corrected chi connectivity index (χ4v) is 3.02. The maximum Gasteiger partial charge on any atom is 0.310 e. The standard InChI is InChI=1S/C20H21NO4/c1-3-21(4-2)18(22)13-25-19(23)11-15-12-24-17-10-9-14-7-5-6-8-16(14)20(15)17/h5-10,12H,3-4,11,13H2,1-2H3. The van der Waals surface area contributed by atoms with E-state index in [1.165, 1.54) is 0 Å². The summed E-state index contributed by atoms with van der Waals surface area (Å²) in [4.78, 5) is 25.7. The molecule has 3 aromatic rings. The lowest BCUT2D eigenvalue weighted by molar-refractivity contribution is -0.151.